The first-order valence-electron chi connectivity index (χ1n) is 8.99. The van der Waals surface area contributed by atoms with Gasteiger partial charge in [0.05, 0.1) is 12.5 Å². The number of carboxylic acid groups (broad SMARTS) is 1. The van der Waals surface area contributed by atoms with Crippen molar-refractivity contribution in [2.24, 2.45) is 5.92 Å². The lowest BCUT2D eigenvalue weighted by Gasteiger charge is -2.44. The molecule has 1 N–H and O–H groups in total. The van der Waals surface area contributed by atoms with Crippen molar-refractivity contribution in [1.82, 2.24) is 4.90 Å². The molecule has 1 saturated carbocycles. The van der Waals surface area contributed by atoms with Gasteiger partial charge in [0, 0.05) is 16.4 Å². The van der Waals surface area contributed by atoms with Crippen LogP contribution in [0.15, 0.2) is 41.8 Å². The van der Waals surface area contributed by atoms with Gasteiger partial charge in [0.2, 0.25) is 0 Å². The maximum Gasteiger partial charge on any atom is 0.306 e. The molecule has 2 heterocycles. The van der Waals surface area contributed by atoms with Gasteiger partial charge in [-0.1, -0.05) is 29.8 Å². The summed E-state index contributed by atoms with van der Waals surface area (Å²) >= 11 is 7.77. The number of hydrogen-bond acceptors (Lipinski definition) is 4. The second kappa shape index (κ2) is 7.62. The van der Waals surface area contributed by atoms with Crippen LogP contribution in [-0.2, 0) is 14.3 Å². The Morgan fingerprint density at radius 1 is 1.30 bits per heavy atom. The van der Waals surface area contributed by atoms with E-state index in [2.05, 4.69) is 0 Å². The number of carboxylic acids is 1. The topological polar surface area (TPSA) is 66.8 Å². The van der Waals surface area contributed by atoms with E-state index in [-0.39, 0.29) is 18.4 Å². The average Bonchev–Trinajstić information content (AvgIpc) is 3.28. The van der Waals surface area contributed by atoms with E-state index in [9.17, 15) is 14.7 Å². The fraction of sp³-hybridized carbons (Fsp3) is 0.400. The van der Waals surface area contributed by atoms with Crippen molar-refractivity contribution in [3.63, 3.8) is 0 Å². The SMILES string of the molecule is O=C(O)C[C@H]1O[C@H](c2cccc(Cl)c2)[C@@H](c2cccs2)N(CC2CC2)C1=O. The highest BCUT2D eigenvalue weighted by molar-refractivity contribution is 7.10. The van der Waals surface area contributed by atoms with Crippen LogP contribution in [-0.4, -0.2) is 34.5 Å². The summed E-state index contributed by atoms with van der Waals surface area (Å²) in [5.41, 5.74) is 0.851. The number of thiophene rings is 1. The van der Waals surface area contributed by atoms with Crippen LogP contribution in [0.4, 0.5) is 0 Å². The van der Waals surface area contributed by atoms with Gasteiger partial charge in [-0.25, -0.2) is 0 Å². The van der Waals surface area contributed by atoms with Crippen LogP contribution in [0.3, 0.4) is 0 Å². The molecular formula is C20H20ClNO4S. The Kier molecular flexibility index (Phi) is 5.21. The second-order valence-electron chi connectivity index (χ2n) is 7.09. The highest BCUT2D eigenvalue weighted by Gasteiger charge is 2.46. The number of halogens is 1. The van der Waals surface area contributed by atoms with Crippen molar-refractivity contribution >= 4 is 34.8 Å². The fourth-order valence-electron chi connectivity index (χ4n) is 3.58. The molecule has 2 aliphatic rings. The zero-order valence-electron chi connectivity index (χ0n) is 14.6. The van der Waals surface area contributed by atoms with Crippen LogP contribution in [0.5, 0.6) is 0 Å². The van der Waals surface area contributed by atoms with Crippen molar-refractivity contribution in [3.8, 4) is 0 Å². The molecule has 1 amide bonds. The van der Waals surface area contributed by atoms with Crippen molar-refractivity contribution in [2.75, 3.05) is 6.54 Å². The standard InChI is InChI=1S/C20H20ClNO4S/c21-14-4-1-3-13(9-14)19-18(16-5-2-8-27-16)22(11-12-6-7-12)20(25)15(26-19)10-17(23)24/h1-5,8-9,12,15,18-19H,6-7,10-11H2,(H,23,24)/t15-,18-,19-/m1/s1. The molecule has 1 aromatic carbocycles. The number of hydrogen-bond donors (Lipinski definition) is 1. The van der Waals surface area contributed by atoms with Gasteiger partial charge in [-0.2, -0.15) is 0 Å². The summed E-state index contributed by atoms with van der Waals surface area (Å²) in [6, 6.07) is 11.1. The third-order valence-corrected chi connectivity index (χ3v) is 6.19. The Morgan fingerprint density at radius 2 is 2.11 bits per heavy atom. The summed E-state index contributed by atoms with van der Waals surface area (Å²) in [4.78, 5) is 27.3. The van der Waals surface area contributed by atoms with Gasteiger partial charge in [-0.05, 0) is 47.9 Å². The molecule has 0 unspecified atom stereocenters. The maximum absolute atomic E-state index is 13.1. The molecule has 1 saturated heterocycles. The number of carbonyl (C=O) groups is 2. The number of rotatable bonds is 6. The van der Waals surface area contributed by atoms with Crippen molar-refractivity contribution in [2.45, 2.75) is 37.5 Å². The molecule has 7 heteroatoms. The van der Waals surface area contributed by atoms with E-state index in [1.807, 2.05) is 40.6 Å². The minimum atomic E-state index is -1.04. The minimum Gasteiger partial charge on any atom is -0.481 e. The molecular weight excluding hydrogens is 386 g/mol. The normalized spacial score (nSPS) is 25.6. The summed E-state index contributed by atoms with van der Waals surface area (Å²) in [5.74, 6) is -0.792. The van der Waals surface area contributed by atoms with Gasteiger partial charge in [0.25, 0.3) is 5.91 Å². The van der Waals surface area contributed by atoms with E-state index in [1.165, 1.54) is 0 Å². The Labute approximate surface area is 166 Å². The number of amides is 1. The van der Waals surface area contributed by atoms with Crippen LogP contribution in [0.25, 0.3) is 0 Å². The molecule has 1 aromatic heterocycles. The minimum absolute atomic E-state index is 0.235. The Balaban J connectivity index is 1.76. The Hall–Kier alpha value is -1.89. The molecule has 27 heavy (non-hydrogen) atoms. The van der Waals surface area contributed by atoms with Gasteiger partial charge in [0.15, 0.2) is 0 Å². The number of benzene rings is 1. The van der Waals surface area contributed by atoms with Gasteiger partial charge >= 0.3 is 5.97 Å². The van der Waals surface area contributed by atoms with Crippen molar-refractivity contribution in [1.29, 1.82) is 0 Å². The van der Waals surface area contributed by atoms with Gasteiger partial charge in [-0.3, -0.25) is 9.59 Å². The van der Waals surface area contributed by atoms with E-state index in [1.54, 1.807) is 17.4 Å². The van der Waals surface area contributed by atoms with Crippen LogP contribution >= 0.6 is 22.9 Å². The van der Waals surface area contributed by atoms with Crippen molar-refractivity contribution < 1.29 is 19.4 Å². The lowest BCUT2D eigenvalue weighted by molar-refractivity contribution is -0.179. The quantitative estimate of drug-likeness (QED) is 0.778. The number of morpholine rings is 1. The summed E-state index contributed by atoms with van der Waals surface area (Å²) in [7, 11) is 0. The molecule has 5 nitrogen and oxygen atoms in total. The molecule has 2 fully saturated rings. The van der Waals surface area contributed by atoms with E-state index >= 15 is 0 Å². The summed E-state index contributed by atoms with van der Waals surface area (Å²) < 4.78 is 6.10. The highest BCUT2D eigenvalue weighted by Crippen LogP contribution is 2.46. The lowest BCUT2D eigenvalue weighted by atomic mass is 9.95. The van der Waals surface area contributed by atoms with E-state index in [0.717, 1.165) is 23.3 Å². The molecule has 1 aliphatic carbocycles. The van der Waals surface area contributed by atoms with Crippen LogP contribution in [0.2, 0.25) is 5.02 Å². The van der Waals surface area contributed by atoms with E-state index < -0.39 is 18.2 Å². The first kappa shape index (κ1) is 18.5. The Morgan fingerprint density at radius 3 is 2.74 bits per heavy atom. The third kappa shape index (κ3) is 4.03. The molecule has 3 atom stereocenters. The largest absolute Gasteiger partial charge is 0.481 e. The van der Waals surface area contributed by atoms with Crippen LogP contribution < -0.4 is 0 Å². The van der Waals surface area contributed by atoms with Gasteiger partial charge in [0.1, 0.15) is 12.2 Å². The number of nitrogens with zero attached hydrogens (tertiary/aromatic N) is 1. The van der Waals surface area contributed by atoms with Gasteiger partial charge in [-0.15, -0.1) is 11.3 Å². The summed E-state index contributed by atoms with van der Waals surface area (Å²) in [6.07, 6.45) is 0.430. The van der Waals surface area contributed by atoms with E-state index in [0.29, 0.717) is 17.5 Å². The molecule has 1 aliphatic heterocycles. The third-order valence-electron chi connectivity index (χ3n) is 5.02. The summed E-state index contributed by atoms with van der Waals surface area (Å²) in [6.45, 7) is 0.637. The molecule has 142 valence electrons. The highest BCUT2D eigenvalue weighted by atomic mass is 35.5. The predicted octanol–water partition coefficient (Wildman–Crippen LogP) is 4.30. The summed E-state index contributed by atoms with van der Waals surface area (Å²) in [5, 5.41) is 11.8. The van der Waals surface area contributed by atoms with Crippen LogP contribution in [0, 0.1) is 5.92 Å². The van der Waals surface area contributed by atoms with Crippen LogP contribution in [0.1, 0.15) is 41.8 Å². The Bertz CT molecular complexity index is 836. The van der Waals surface area contributed by atoms with Crippen molar-refractivity contribution in [3.05, 3.63) is 57.2 Å². The first-order valence-corrected chi connectivity index (χ1v) is 10.3. The van der Waals surface area contributed by atoms with Gasteiger partial charge < -0.3 is 14.7 Å². The number of ether oxygens (including phenoxy) is 1. The maximum atomic E-state index is 13.1. The molecule has 0 radical (unpaired) electrons. The average molecular weight is 406 g/mol. The predicted molar refractivity (Wildman–Crippen MR) is 103 cm³/mol. The second-order valence-corrected chi connectivity index (χ2v) is 8.51. The first-order chi connectivity index (χ1) is 13.0. The van der Waals surface area contributed by atoms with E-state index in [4.69, 9.17) is 16.3 Å². The molecule has 4 rings (SSSR count). The zero-order chi connectivity index (χ0) is 19.0. The monoisotopic (exact) mass is 405 g/mol. The smallest absolute Gasteiger partial charge is 0.306 e. The molecule has 0 bridgehead atoms. The number of aliphatic carboxylic acids is 1. The lowest BCUT2D eigenvalue weighted by Crippen LogP contribution is -2.51. The molecule has 2 aromatic rings. The molecule has 0 spiro atoms. The zero-order valence-corrected chi connectivity index (χ0v) is 16.2. The fourth-order valence-corrected chi connectivity index (χ4v) is 4.64. The number of carbonyl (C=O) groups excluding carboxylic acids is 1.